The first-order valence-corrected chi connectivity index (χ1v) is 9.40. The average Bonchev–Trinajstić information content (AvgIpc) is 2.65. The number of aromatic nitrogens is 1. The molecule has 2 N–H and O–H groups in total. The zero-order chi connectivity index (χ0) is 15.6. The first-order valence-electron chi connectivity index (χ1n) is 6.97. The van der Waals surface area contributed by atoms with E-state index in [2.05, 4.69) is 10.8 Å². The second-order valence-electron chi connectivity index (χ2n) is 5.67. The first kappa shape index (κ1) is 16.3. The average molecular weight is 329 g/mol. The Morgan fingerprint density at radius 1 is 1.38 bits per heavy atom. The third kappa shape index (κ3) is 4.46. The smallest absolute Gasteiger partial charge is 0.147 e. The van der Waals surface area contributed by atoms with Crippen molar-refractivity contribution in [2.75, 3.05) is 12.0 Å². The quantitative estimate of drug-likeness (QED) is 0.886. The molecule has 116 valence electrons. The van der Waals surface area contributed by atoms with E-state index in [0.717, 1.165) is 17.3 Å². The summed E-state index contributed by atoms with van der Waals surface area (Å²) in [6, 6.07) is 5.87. The van der Waals surface area contributed by atoms with Crippen LogP contribution in [0.5, 0.6) is 0 Å². The van der Waals surface area contributed by atoms with Crippen LogP contribution in [-0.4, -0.2) is 31.0 Å². The molecule has 1 heterocycles. The van der Waals surface area contributed by atoms with Gasteiger partial charge in [-0.05, 0) is 37.5 Å². The van der Waals surface area contributed by atoms with E-state index >= 15 is 0 Å². The van der Waals surface area contributed by atoms with Gasteiger partial charge in [0.1, 0.15) is 9.84 Å². The van der Waals surface area contributed by atoms with Crippen molar-refractivity contribution >= 4 is 32.3 Å². The summed E-state index contributed by atoms with van der Waals surface area (Å²) in [6.45, 7) is 2.63. The summed E-state index contributed by atoms with van der Waals surface area (Å²) in [4.78, 5) is 0. The van der Waals surface area contributed by atoms with Crippen molar-refractivity contribution in [1.82, 2.24) is 4.57 Å². The van der Waals surface area contributed by atoms with E-state index in [-0.39, 0.29) is 11.8 Å². The summed E-state index contributed by atoms with van der Waals surface area (Å²) in [5.41, 5.74) is 8.11. The SMILES string of the molecule is CC(N)Cc1cn(CCCS(C)(=O)=O)c2cc(Cl)ccc12. The zero-order valence-electron chi connectivity index (χ0n) is 12.3. The van der Waals surface area contributed by atoms with Crippen LogP contribution in [-0.2, 0) is 22.8 Å². The molecule has 2 rings (SSSR count). The highest BCUT2D eigenvalue weighted by Crippen LogP contribution is 2.26. The van der Waals surface area contributed by atoms with Gasteiger partial charge in [-0.1, -0.05) is 17.7 Å². The van der Waals surface area contributed by atoms with Crippen LogP contribution in [0.4, 0.5) is 0 Å². The fourth-order valence-corrected chi connectivity index (χ4v) is 3.35. The van der Waals surface area contributed by atoms with Crippen molar-refractivity contribution in [3.63, 3.8) is 0 Å². The van der Waals surface area contributed by atoms with Gasteiger partial charge in [-0.2, -0.15) is 0 Å². The van der Waals surface area contributed by atoms with Crippen LogP contribution in [0, 0.1) is 0 Å². The van der Waals surface area contributed by atoms with Crippen molar-refractivity contribution in [3.8, 4) is 0 Å². The molecule has 6 heteroatoms. The molecular formula is C15H21ClN2O2S. The minimum atomic E-state index is -2.93. The van der Waals surface area contributed by atoms with Gasteiger partial charge in [0, 0.05) is 41.0 Å². The number of aryl methyl sites for hydroxylation is 1. The van der Waals surface area contributed by atoms with Gasteiger partial charge in [0.15, 0.2) is 0 Å². The Bertz CT molecular complexity index is 735. The normalized spacial score (nSPS) is 13.7. The highest BCUT2D eigenvalue weighted by atomic mass is 35.5. The van der Waals surface area contributed by atoms with E-state index < -0.39 is 9.84 Å². The second kappa shape index (κ2) is 6.38. The Hall–Kier alpha value is -1.04. The molecule has 1 unspecified atom stereocenters. The Morgan fingerprint density at radius 3 is 2.71 bits per heavy atom. The molecule has 0 saturated heterocycles. The minimum Gasteiger partial charge on any atom is -0.347 e. The van der Waals surface area contributed by atoms with Gasteiger partial charge >= 0.3 is 0 Å². The number of nitrogens with two attached hydrogens (primary N) is 1. The Labute approximate surface area is 130 Å². The molecule has 0 aliphatic heterocycles. The highest BCUT2D eigenvalue weighted by molar-refractivity contribution is 7.90. The standard InChI is InChI=1S/C15H21ClN2O2S/c1-11(17)8-12-10-18(6-3-7-21(2,19)20)15-9-13(16)4-5-14(12)15/h4-5,9-11H,3,6-8,17H2,1-2H3. The fourth-order valence-electron chi connectivity index (χ4n) is 2.53. The molecule has 21 heavy (non-hydrogen) atoms. The lowest BCUT2D eigenvalue weighted by atomic mass is 10.1. The van der Waals surface area contributed by atoms with E-state index in [1.807, 2.05) is 25.1 Å². The molecule has 0 spiro atoms. The lowest BCUT2D eigenvalue weighted by Crippen LogP contribution is -2.17. The van der Waals surface area contributed by atoms with Crippen molar-refractivity contribution in [3.05, 3.63) is 35.0 Å². The van der Waals surface area contributed by atoms with Crippen molar-refractivity contribution in [2.45, 2.75) is 32.4 Å². The molecule has 0 bridgehead atoms. The van der Waals surface area contributed by atoms with Crippen LogP contribution in [0.15, 0.2) is 24.4 Å². The van der Waals surface area contributed by atoms with Gasteiger partial charge in [0.25, 0.3) is 0 Å². The maximum atomic E-state index is 11.2. The summed E-state index contributed by atoms with van der Waals surface area (Å²) in [5.74, 6) is 0.190. The van der Waals surface area contributed by atoms with Crippen LogP contribution < -0.4 is 5.73 Å². The van der Waals surface area contributed by atoms with Crippen molar-refractivity contribution < 1.29 is 8.42 Å². The summed E-state index contributed by atoms with van der Waals surface area (Å²) in [5, 5.41) is 1.81. The number of hydrogen-bond acceptors (Lipinski definition) is 3. The number of rotatable bonds is 6. The molecule has 0 radical (unpaired) electrons. The fraction of sp³-hybridized carbons (Fsp3) is 0.467. The minimum absolute atomic E-state index is 0.0794. The molecule has 0 amide bonds. The maximum Gasteiger partial charge on any atom is 0.147 e. The highest BCUT2D eigenvalue weighted by Gasteiger charge is 2.11. The van der Waals surface area contributed by atoms with E-state index in [9.17, 15) is 8.42 Å². The van der Waals surface area contributed by atoms with Crippen molar-refractivity contribution in [1.29, 1.82) is 0 Å². The number of hydrogen-bond donors (Lipinski definition) is 1. The van der Waals surface area contributed by atoms with E-state index in [1.165, 1.54) is 11.8 Å². The Balaban J connectivity index is 2.31. The van der Waals surface area contributed by atoms with Gasteiger partial charge < -0.3 is 10.3 Å². The number of sulfone groups is 1. The van der Waals surface area contributed by atoms with Crippen LogP contribution in [0.2, 0.25) is 5.02 Å². The Kier molecular flexibility index (Phi) is 4.96. The van der Waals surface area contributed by atoms with Crippen LogP contribution in [0.25, 0.3) is 10.9 Å². The molecular weight excluding hydrogens is 308 g/mol. The number of fused-ring (bicyclic) bond motifs is 1. The zero-order valence-corrected chi connectivity index (χ0v) is 13.9. The first-order chi connectivity index (χ1) is 9.76. The molecule has 0 aliphatic carbocycles. The lowest BCUT2D eigenvalue weighted by molar-refractivity contribution is 0.593. The van der Waals surface area contributed by atoms with E-state index in [1.54, 1.807) is 0 Å². The molecule has 1 atom stereocenters. The molecule has 1 aromatic heterocycles. The van der Waals surface area contributed by atoms with Crippen LogP contribution >= 0.6 is 11.6 Å². The molecule has 0 saturated carbocycles. The molecule has 2 aromatic rings. The third-order valence-electron chi connectivity index (χ3n) is 3.38. The van der Waals surface area contributed by atoms with E-state index in [0.29, 0.717) is 18.0 Å². The number of halogens is 1. The maximum absolute atomic E-state index is 11.2. The van der Waals surface area contributed by atoms with Crippen LogP contribution in [0.3, 0.4) is 0 Å². The van der Waals surface area contributed by atoms with Gasteiger partial charge in [-0.15, -0.1) is 0 Å². The number of benzene rings is 1. The Morgan fingerprint density at radius 2 is 2.10 bits per heavy atom. The molecule has 0 aliphatic rings. The molecule has 1 aromatic carbocycles. The topological polar surface area (TPSA) is 65.1 Å². The second-order valence-corrected chi connectivity index (χ2v) is 8.37. The van der Waals surface area contributed by atoms with Crippen molar-refractivity contribution in [2.24, 2.45) is 5.73 Å². The van der Waals surface area contributed by atoms with Gasteiger partial charge in [-0.25, -0.2) is 8.42 Å². The summed E-state index contributed by atoms with van der Waals surface area (Å²) >= 11 is 6.08. The van der Waals surface area contributed by atoms with Crippen LogP contribution in [0.1, 0.15) is 18.9 Å². The third-order valence-corrected chi connectivity index (χ3v) is 4.65. The van der Waals surface area contributed by atoms with Gasteiger partial charge in [-0.3, -0.25) is 0 Å². The summed E-state index contributed by atoms with van der Waals surface area (Å²) < 4.78 is 24.6. The molecule has 0 fully saturated rings. The van der Waals surface area contributed by atoms with Gasteiger partial charge in [0.05, 0.1) is 5.75 Å². The number of nitrogens with zero attached hydrogens (tertiary/aromatic N) is 1. The predicted molar refractivity (Wildman–Crippen MR) is 88.6 cm³/mol. The molecule has 4 nitrogen and oxygen atoms in total. The van der Waals surface area contributed by atoms with Gasteiger partial charge in [0.2, 0.25) is 0 Å². The summed E-state index contributed by atoms with van der Waals surface area (Å²) in [7, 11) is -2.93. The van der Waals surface area contributed by atoms with E-state index in [4.69, 9.17) is 17.3 Å². The largest absolute Gasteiger partial charge is 0.347 e. The summed E-state index contributed by atoms with van der Waals surface area (Å²) in [6.07, 6.45) is 4.70. The predicted octanol–water partition coefficient (Wildman–Crippen LogP) is 2.62. The lowest BCUT2D eigenvalue weighted by Gasteiger charge is -2.05. The monoisotopic (exact) mass is 328 g/mol.